The molecule has 0 radical (unpaired) electrons. The van der Waals surface area contributed by atoms with E-state index in [1.54, 1.807) is 13.0 Å². The summed E-state index contributed by atoms with van der Waals surface area (Å²) in [7, 11) is 0. The number of nitrogens with zero attached hydrogens (tertiary/aromatic N) is 3. The minimum absolute atomic E-state index is 0.251. The number of anilines is 2. The van der Waals surface area contributed by atoms with E-state index in [1.165, 1.54) is 16.8 Å². The van der Waals surface area contributed by atoms with Gasteiger partial charge in [0, 0.05) is 6.54 Å². The molecule has 1 aromatic carbocycles. The molecule has 0 aliphatic carbocycles. The lowest BCUT2D eigenvalue weighted by Gasteiger charge is -2.07. The third-order valence-corrected chi connectivity index (χ3v) is 2.96. The van der Waals surface area contributed by atoms with Crippen LogP contribution in [0.1, 0.15) is 24.5 Å². The van der Waals surface area contributed by atoms with Gasteiger partial charge in [0.15, 0.2) is 5.82 Å². The Hall–Kier alpha value is -2.55. The topological polar surface area (TPSA) is 79.7 Å². The Morgan fingerprint density at radius 2 is 2.25 bits per heavy atom. The van der Waals surface area contributed by atoms with E-state index in [2.05, 4.69) is 10.4 Å². The van der Waals surface area contributed by atoms with Gasteiger partial charge in [-0.05, 0) is 37.1 Å². The molecule has 2 rings (SSSR count). The van der Waals surface area contributed by atoms with Crippen molar-refractivity contribution in [1.29, 1.82) is 5.26 Å². The van der Waals surface area contributed by atoms with Gasteiger partial charge in [-0.2, -0.15) is 5.26 Å². The molecule has 0 bridgehead atoms. The number of benzene rings is 1. The second-order valence-corrected chi connectivity index (χ2v) is 4.49. The van der Waals surface area contributed by atoms with E-state index < -0.39 is 0 Å². The maximum atomic E-state index is 13.2. The first-order valence-electron chi connectivity index (χ1n) is 6.37. The van der Waals surface area contributed by atoms with Gasteiger partial charge in [0.2, 0.25) is 0 Å². The minimum atomic E-state index is -0.318. The second kappa shape index (κ2) is 5.61. The van der Waals surface area contributed by atoms with Crippen LogP contribution in [0.15, 0.2) is 18.2 Å². The molecule has 0 fully saturated rings. The molecule has 0 spiro atoms. The highest BCUT2D eigenvalue weighted by Crippen LogP contribution is 2.26. The zero-order chi connectivity index (χ0) is 14.7. The Balaban J connectivity index is 2.52. The second-order valence-electron chi connectivity index (χ2n) is 4.49. The van der Waals surface area contributed by atoms with Crippen molar-refractivity contribution in [3.05, 3.63) is 35.1 Å². The van der Waals surface area contributed by atoms with E-state index in [1.807, 2.05) is 13.0 Å². The summed E-state index contributed by atoms with van der Waals surface area (Å²) in [5.74, 6) is 0.387. The van der Waals surface area contributed by atoms with Crippen molar-refractivity contribution in [3.63, 3.8) is 0 Å². The number of halogens is 1. The molecule has 0 atom stereocenters. The third kappa shape index (κ3) is 2.43. The Labute approximate surface area is 116 Å². The third-order valence-electron chi connectivity index (χ3n) is 2.96. The lowest BCUT2D eigenvalue weighted by molar-refractivity contribution is 0.625. The van der Waals surface area contributed by atoms with Crippen molar-refractivity contribution in [2.75, 3.05) is 17.6 Å². The number of nitrogens with one attached hydrogen (secondary N) is 1. The van der Waals surface area contributed by atoms with Crippen LogP contribution in [0, 0.1) is 24.1 Å². The number of aryl methyl sites for hydroxylation is 1. The summed E-state index contributed by atoms with van der Waals surface area (Å²) in [6, 6.07) is 6.39. The molecular formula is C14H16FN5. The van der Waals surface area contributed by atoms with Crippen molar-refractivity contribution in [1.82, 2.24) is 9.78 Å². The van der Waals surface area contributed by atoms with Crippen molar-refractivity contribution in [2.24, 2.45) is 0 Å². The van der Waals surface area contributed by atoms with Crippen molar-refractivity contribution in [2.45, 2.75) is 20.3 Å². The summed E-state index contributed by atoms with van der Waals surface area (Å²) in [6.07, 6.45) is 0.910. The maximum Gasteiger partial charge on any atom is 0.168 e. The van der Waals surface area contributed by atoms with Gasteiger partial charge in [-0.25, -0.2) is 9.07 Å². The molecule has 0 aliphatic heterocycles. The molecule has 0 unspecified atom stereocenters. The Kier molecular flexibility index (Phi) is 3.89. The van der Waals surface area contributed by atoms with Gasteiger partial charge in [0.25, 0.3) is 0 Å². The predicted molar refractivity (Wildman–Crippen MR) is 76.2 cm³/mol. The summed E-state index contributed by atoms with van der Waals surface area (Å²) >= 11 is 0. The highest BCUT2D eigenvalue weighted by Gasteiger charge is 2.17. The van der Waals surface area contributed by atoms with E-state index in [9.17, 15) is 9.65 Å². The first-order valence-corrected chi connectivity index (χ1v) is 6.37. The smallest absolute Gasteiger partial charge is 0.168 e. The van der Waals surface area contributed by atoms with Crippen LogP contribution >= 0.6 is 0 Å². The van der Waals surface area contributed by atoms with Gasteiger partial charge >= 0.3 is 0 Å². The normalized spacial score (nSPS) is 10.3. The van der Waals surface area contributed by atoms with Crippen LogP contribution in [-0.2, 0) is 0 Å². The van der Waals surface area contributed by atoms with Crippen LogP contribution in [0.4, 0.5) is 16.0 Å². The summed E-state index contributed by atoms with van der Waals surface area (Å²) < 4.78 is 14.6. The average molecular weight is 273 g/mol. The average Bonchev–Trinajstić information content (AvgIpc) is 2.72. The molecule has 20 heavy (non-hydrogen) atoms. The monoisotopic (exact) mass is 273 g/mol. The SMILES string of the molecule is CCCNc1nn(-c2ccc(F)cc2C)c(N)c1C#N. The zero-order valence-corrected chi connectivity index (χ0v) is 11.4. The molecule has 1 aromatic heterocycles. The van der Waals surface area contributed by atoms with Gasteiger partial charge in [-0.3, -0.25) is 0 Å². The standard InChI is InChI=1S/C14H16FN5/c1-3-6-18-14-11(8-16)13(17)20(19-14)12-5-4-10(15)7-9(12)2/h4-5,7H,3,6,17H2,1-2H3,(H,18,19). The Bertz CT molecular complexity index is 669. The van der Waals surface area contributed by atoms with Crippen LogP contribution in [-0.4, -0.2) is 16.3 Å². The Morgan fingerprint density at radius 3 is 2.85 bits per heavy atom. The number of aromatic nitrogens is 2. The molecule has 3 N–H and O–H groups in total. The molecule has 5 nitrogen and oxygen atoms in total. The quantitative estimate of drug-likeness (QED) is 0.897. The summed E-state index contributed by atoms with van der Waals surface area (Å²) in [5, 5.41) is 16.6. The largest absolute Gasteiger partial charge is 0.382 e. The lowest BCUT2D eigenvalue weighted by atomic mass is 10.2. The van der Waals surface area contributed by atoms with Crippen molar-refractivity contribution in [3.8, 4) is 11.8 Å². The molecule has 0 aliphatic rings. The minimum Gasteiger partial charge on any atom is -0.382 e. The fourth-order valence-corrected chi connectivity index (χ4v) is 1.95. The lowest BCUT2D eigenvalue weighted by Crippen LogP contribution is -2.05. The van der Waals surface area contributed by atoms with Crippen molar-refractivity contribution < 1.29 is 4.39 Å². The van der Waals surface area contributed by atoms with Gasteiger partial charge in [0.05, 0.1) is 5.69 Å². The van der Waals surface area contributed by atoms with Gasteiger partial charge in [0.1, 0.15) is 23.3 Å². The molecule has 1 heterocycles. The first kappa shape index (κ1) is 13.9. The Morgan fingerprint density at radius 1 is 1.50 bits per heavy atom. The number of nitrogens with two attached hydrogens (primary N) is 1. The molecular weight excluding hydrogens is 257 g/mol. The molecule has 6 heteroatoms. The zero-order valence-electron chi connectivity index (χ0n) is 11.4. The van der Waals surface area contributed by atoms with Crippen molar-refractivity contribution >= 4 is 11.6 Å². The number of nitrogen functional groups attached to an aromatic ring is 1. The summed E-state index contributed by atoms with van der Waals surface area (Å²) in [4.78, 5) is 0. The maximum absolute atomic E-state index is 13.2. The van der Waals surface area contributed by atoms with Crippen LogP contribution in [0.25, 0.3) is 5.69 Å². The number of hydrogen-bond acceptors (Lipinski definition) is 4. The van der Waals surface area contributed by atoms with Gasteiger partial charge in [-0.1, -0.05) is 6.92 Å². The van der Waals surface area contributed by atoms with E-state index >= 15 is 0 Å². The van der Waals surface area contributed by atoms with Gasteiger partial charge < -0.3 is 11.1 Å². The molecule has 2 aromatic rings. The summed E-state index contributed by atoms with van der Waals surface area (Å²) in [6.45, 7) is 4.49. The van der Waals surface area contributed by atoms with Crippen LogP contribution in [0.2, 0.25) is 0 Å². The van der Waals surface area contributed by atoms with Gasteiger partial charge in [-0.15, -0.1) is 5.10 Å². The van der Waals surface area contributed by atoms with E-state index in [-0.39, 0.29) is 11.6 Å². The summed E-state index contributed by atoms with van der Waals surface area (Å²) in [5.41, 5.74) is 7.63. The molecule has 0 saturated heterocycles. The van der Waals surface area contributed by atoms with Crippen LogP contribution < -0.4 is 11.1 Å². The highest BCUT2D eigenvalue weighted by atomic mass is 19.1. The highest BCUT2D eigenvalue weighted by molar-refractivity contribution is 5.66. The molecule has 104 valence electrons. The number of hydrogen-bond donors (Lipinski definition) is 2. The van der Waals surface area contributed by atoms with Crippen LogP contribution in [0.5, 0.6) is 0 Å². The van der Waals surface area contributed by atoms with E-state index in [0.717, 1.165) is 6.42 Å². The van der Waals surface area contributed by atoms with E-state index in [4.69, 9.17) is 5.73 Å². The fraction of sp³-hybridized carbons (Fsp3) is 0.286. The molecule has 0 amide bonds. The fourth-order valence-electron chi connectivity index (χ4n) is 1.95. The molecule has 0 saturated carbocycles. The van der Waals surface area contributed by atoms with E-state index in [0.29, 0.717) is 29.2 Å². The van der Waals surface area contributed by atoms with Crippen LogP contribution in [0.3, 0.4) is 0 Å². The number of nitriles is 1. The predicted octanol–water partition coefficient (Wildman–Crippen LogP) is 2.60. The number of rotatable bonds is 4. The first-order chi connectivity index (χ1) is 9.58.